The molecule has 2 rings (SSSR count). The maximum Gasteiger partial charge on any atom is 0.0253 e. The summed E-state index contributed by atoms with van der Waals surface area (Å²) < 4.78 is 0. The number of hydrogen-bond acceptors (Lipinski definition) is 2. The summed E-state index contributed by atoms with van der Waals surface area (Å²) in [4.78, 5) is 0. The maximum atomic E-state index is 5.78. The number of hydrogen-bond donors (Lipinski definition) is 2. The topological polar surface area (TPSA) is 38.0 Å². The van der Waals surface area contributed by atoms with Crippen LogP contribution in [0, 0.1) is 12.8 Å². The van der Waals surface area contributed by atoms with Crippen LogP contribution in [0.2, 0.25) is 0 Å². The van der Waals surface area contributed by atoms with E-state index in [-0.39, 0.29) is 0 Å². The molecule has 0 spiro atoms. The Labute approximate surface area is 117 Å². The van der Waals surface area contributed by atoms with Gasteiger partial charge in [0.2, 0.25) is 0 Å². The molecule has 0 aromatic heterocycles. The maximum absolute atomic E-state index is 5.78. The first-order valence-corrected chi connectivity index (χ1v) is 7.80. The Kier molecular flexibility index (Phi) is 5.87. The molecular formula is C17H28N2. The number of nitrogens with one attached hydrogen (secondary N) is 1. The van der Waals surface area contributed by atoms with E-state index in [1.54, 1.807) is 0 Å². The molecule has 1 aliphatic rings. The summed E-state index contributed by atoms with van der Waals surface area (Å²) in [5.74, 6) is 6.65. The van der Waals surface area contributed by atoms with Crippen molar-refractivity contribution in [1.29, 1.82) is 0 Å². The molecule has 2 heteroatoms. The van der Waals surface area contributed by atoms with Crippen molar-refractivity contribution in [3.8, 4) is 0 Å². The Bertz CT molecular complexity index is 367. The Balaban J connectivity index is 1.90. The molecule has 0 bridgehead atoms. The van der Waals surface area contributed by atoms with Gasteiger partial charge in [0, 0.05) is 6.04 Å². The number of benzene rings is 1. The van der Waals surface area contributed by atoms with E-state index in [0.29, 0.717) is 6.04 Å². The van der Waals surface area contributed by atoms with Crippen LogP contribution in [0.25, 0.3) is 0 Å². The predicted molar refractivity (Wildman–Crippen MR) is 81.8 cm³/mol. The van der Waals surface area contributed by atoms with Crippen LogP contribution in [0.15, 0.2) is 24.3 Å². The summed E-state index contributed by atoms with van der Waals surface area (Å²) in [6.07, 6.45) is 10.7. The molecule has 106 valence electrons. The fourth-order valence-electron chi connectivity index (χ4n) is 3.32. The van der Waals surface area contributed by atoms with Gasteiger partial charge in [-0.2, -0.15) is 0 Å². The van der Waals surface area contributed by atoms with Crippen molar-refractivity contribution in [2.24, 2.45) is 11.8 Å². The smallest absolute Gasteiger partial charge is 0.0253 e. The van der Waals surface area contributed by atoms with Gasteiger partial charge in [0.1, 0.15) is 0 Å². The zero-order chi connectivity index (χ0) is 13.5. The van der Waals surface area contributed by atoms with Crippen molar-refractivity contribution in [3.05, 3.63) is 35.4 Å². The van der Waals surface area contributed by atoms with Crippen LogP contribution in [0.5, 0.6) is 0 Å². The third-order valence-electron chi connectivity index (χ3n) is 4.56. The molecule has 1 aliphatic carbocycles. The number of aryl methyl sites for hydroxylation is 1. The lowest BCUT2D eigenvalue weighted by Gasteiger charge is -2.22. The highest BCUT2D eigenvalue weighted by molar-refractivity contribution is 5.26. The zero-order valence-corrected chi connectivity index (χ0v) is 12.2. The van der Waals surface area contributed by atoms with E-state index in [0.717, 1.165) is 12.3 Å². The lowest BCUT2D eigenvalue weighted by atomic mass is 9.89. The quantitative estimate of drug-likeness (QED) is 0.481. The minimum atomic E-state index is 0.421. The molecule has 1 aromatic carbocycles. The Hall–Kier alpha value is -0.860. The summed E-state index contributed by atoms with van der Waals surface area (Å²) in [6, 6.07) is 9.07. The minimum absolute atomic E-state index is 0.421. The molecule has 0 heterocycles. The molecule has 3 N–H and O–H groups in total. The standard InChI is InChI=1S/C17H28N2/c1-14-8-6-7-11-16(14)13-17(19-18)12-15-9-4-2-3-5-10-15/h6-8,11,15,17,19H,2-5,9-10,12-13,18H2,1H3. The summed E-state index contributed by atoms with van der Waals surface area (Å²) in [6.45, 7) is 2.19. The average Bonchev–Trinajstić information content (AvgIpc) is 2.69. The number of nitrogens with two attached hydrogens (primary N) is 1. The zero-order valence-electron chi connectivity index (χ0n) is 12.2. The highest BCUT2D eigenvalue weighted by atomic mass is 15.2. The van der Waals surface area contributed by atoms with Gasteiger partial charge in [-0.3, -0.25) is 11.3 Å². The lowest BCUT2D eigenvalue weighted by Crippen LogP contribution is -2.38. The highest BCUT2D eigenvalue weighted by Gasteiger charge is 2.18. The molecule has 0 radical (unpaired) electrons. The first-order valence-electron chi connectivity index (χ1n) is 7.80. The third-order valence-corrected chi connectivity index (χ3v) is 4.56. The molecule has 0 amide bonds. The minimum Gasteiger partial charge on any atom is -0.271 e. The summed E-state index contributed by atoms with van der Waals surface area (Å²) in [5.41, 5.74) is 5.85. The van der Waals surface area contributed by atoms with Crippen molar-refractivity contribution >= 4 is 0 Å². The van der Waals surface area contributed by atoms with Crippen molar-refractivity contribution in [3.63, 3.8) is 0 Å². The van der Waals surface area contributed by atoms with E-state index < -0.39 is 0 Å². The van der Waals surface area contributed by atoms with Crippen LogP contribution in [0.1, 0.15) is 56.1 Å². The van der Waals surface area contributed by atoms with Crippen LogP contribution in [-0.2, 0) is 6.42 Å². The fraction of sp³-hybridized carbons (Fsp3) is 0.647. The molecular weight excluding hydrogens is 232 g/mol. The second-order valence-electron chi connectivity index (χ2n) is 6.09. The highest BCUT2D eigenvalue weighted by Crippen LogP contribution is 2.27. The number of hydrazine groups is 1. The molecule has 2 nitrogen and oxygen atoms in total. The van der Waals surface area contributed by atoms with Gasteiger partial charge in [-0.05, 0) is 36.8 Å². The lowest BCUT2D eigenvalue weighted by molar-refractivity contribution is 0.352. The van der Waals surface area contributed by atoms with E-state index >= 15 is 0 Å². The molecule has 1 aromatic rings. The van der Waals surface area contributed by atoms with Gasteiger partial charge in [-0.25, -0.2) is 0 Å². The molecule has 1 unspecified atom stereocenters. The Morgan fingerprint density at radius 2 is 1.84 bits per heavy atom. The van der Waals surface area contributed by atoms with E-state index in [9.17, 15) is 0 Å². The van der Waals surface area contributed by atoms with E-state index in [1.807, 2.05) is 0 Å². The van der Waals surface area contributed by atoms with Gasteiger partial charge in [-0.1, -0.05) is 62.8 Å². The van der Waals surface area contributed by atoms with Crippen LogP contribution >= 0.6 is 0 Å². The first kappa shape index (κ1) is 14.5. The van der Waals surface area contributed by atoms with Gasteiger partial charge in [-0.15, -0.1) is 0 Å². The van der Waals surface area contributed by atoms with Crippen LogP contribution < -0.4 is 11.3 Å². The van der Waals surface area contributed by atoms with Crippen LogP contribution in [0.3, 0.4) is 0 Å². The van der Waals surface area contributed by atoms with Gasteiger partial charge >= 0.3 is 0 Å². The first-order chi connectivity index (χ1) is 9.29. The largest absolute Gasteiger partial charge is 0.271 e. The predicted octanol–water partition coefficient (Wildman–Crippen LogP) is 3.73. The van der Waals surface area contributed by atoms with Crippen molar-refractivity contribution in [2.75, 3.05) is 0 Å². The molecule has 19 heavy (non-hydrogen) atoms. The van der Waals surface area contributed by atoms with E-state index in [4.69, 9.17) is 5.84 Å². The second kappa shape index (κ2) is 7.66. The SMILES string of the molecule is Cc1ccccc1CC(CC1CCCCCC1)NN. The molecule has 1 fully saturated rings. The fourth-order valence-corrected chi connectivity index (χ4v) is 3.32. The Morgan fingerprint density at radius 3 is 2.47 bits per heavy atom. The molecule has 0 saturated heterocycles. The average molecular weight is 260 g/mol. The van der Waals surface area contributed by atoms with Crippen molar-refractivity contribution < 1.29 is 0 Å². The van der Waals surface area contributed by atoms with Gasteiger partial charge in [0.05, 0.1) is 0 Å². The molecule has 0 aliphatic heterocycles. The third kappa shape index (κ3) is 4.63. The van der Waals surface area contributed by atoms with Gasteiger partial charge in [0.15, 0.2) is 0 Å². The van der Waals surface area contributed by atoms with Crippen molar-refractivity contribution in [2.45, 2.75) is 64.3 Å². The van der Waals surface area contributed by atoms with E-state index in [1.165, 1.54) is 56.1 Å². The van der Waals surface area contributed by atoms with Gasteiger partial charge in [0.25, 0.3) is 0 Å². The molecule has 1 saturated carbocycles. The normalized spacial score (nSPS) is 19.1. The van der Waals surface area contributed by atoms with Crippen LogP contribution in [-0.4, -0.2) is 6.04 Å². The Morgan fingerprint density at radius 1 is 1.16 bits per heavy atom. The number of rotatable bonds is 5. The van der Waals surface area contributed by atoms with E-state index in [2.05, 4.69) is 36.6 Å². The summed E-state index contributed by atoms with van der Waals surface area (Å²) in [7, 11) is 0. The van der Waals surface area contributed by atoms with Crippen LogP contribution in [0.4, 0.5) is 0 Å². The van der Waals surface area contributed by atoms with Crippen molar-refractivity contribution in [1.82, 2.24) is 5.43 Å². The second-order valence-corrected chi connectivity index (χ2v) is 6.09. The summed E-state index contributed by atoms with van der Waals surface area (Å²) >= 11 is 0. The molecule has 1 atom stereocenters. The monoisotopic (exact) mass is 260 g/mol. The van der Waals surface area contributed by atoms with Gasteiger partial charge < -0.3 is 0 Å². The summed E-state index contributed by atoms with van der Waals surface area (Å²) in [5, 5.41) is 0.